The maximum absolute atomic E-state index is 12.4. The molecule has 5 heteroatoms. The van der Waals surface area contributed by atoms with E-state index in [1.54, 1.807) is 48.6 Å². The van der Waals surface area contributed by atoms with Crippen molar-refractivity contribution < 1.29 is 14.6 Å². The predicted octanol–water partition coefficient (Wildman–Crippen LogP) is 3.42. The Morgan fingerprint density at radius 3 is 2.62 bits per heavy atom. The molecule has 2 rings (SSSR count). The minimum Gasteiger partial charge on any atom is -0.504 e. The van der Waals surface area contributed by atoms with Gasteiger partial charge < -0.3 is 14.7 Å². The van der Waals surface area contributed by atoms with Crippen LogP contribution in [0.1, 0.15) is 30.5 Å². The molecular weight excluding hydrogens is 304 g/mol. The molecule has 1 aromatic heterocycles. The second kappa shape index (κ2) is 8.15. The third-order valence-electron chi connectivity index (χ3n) is 3.91. The number of ether oxygens (including phenoxy) is 1. The fourth-order valence-electron chi connectivity index (χ4n) is 2.57. The summed E-state index contributed by atoms with van der Waals surface area (Å²) in [6.45, 7) is 2.04. The highest BCUT2D eigenvalue weighted by Crippen LogP contribution is 2.27. The molecule has 0 bridgehead atoms. The van der Waals surface area contributed by atoms with Gasteiger partial charge in [0, 0.05) is 25.5 Å². The minimum absolute atomic E-state index is 0.00517. The van der Waals surface area contributed by atoms with Gasteiger partial charge in [-0.05, 0) is 47.9 Å². The van der Waals surface area contributed by atoms with E-state index in [1.165, 1.54) is 13.2 Å². The number of nitrogens with zero attached hydrogens (tertiary/aromatic N) is 2. The standard InChI is InChI=1S/C19H22N2O3/c1-4-16(15-9-11-20-12-10-15)21(2)19(23)8-6-14-5-7-18(24-3)17(22)13-14/h5-13,16,22H,4H2,1-3H3. The summed E-state index contributed by atoms with van der Waals surface area (Å²) in [7, 11) is 3.28. The van der Waals surface area contributed by atoms with Gasteiger partial charge in [0.15, 0.2) is 11.5 Å². The Morgan fingerprint density at radius 2 is 2.04 bits per heavy atom. The average Bonchev–Trinajstić information content (AvgIpc) is 2.61. The number of phenolic OH excluding ortho intramolecular Hbond substituents is 1. The van der Waals surface area contributed by atoms with Gasteiger partial charge in [-0.15, -0.1) is 0 Å². The molecule has 1 aromatic carbocycles. The van der Waals surface area contributed by atoms with Crippen molar-refractivity contribution in [3.63, 3.8) is 0 Å². The summed E-state index contributed by atoms with van der Waals surface area (Å²) < 4.78 is 5.00. The molecule has 0 radical (unpaired) electrons. The zero-order valence-corrected chi connectivity index (χ0v) is 14.1. The average molecular weight is 326 g/mol. The molecule has 0 aliphatic heterocycles. The van der Waals surface area contributed by atoms with Crippen LogP contribution in [-0.2, 0) is 4.79 Å². The second-order valence-corrected chi connectivity index (χ2v) is 5.42. The van der Waals surface area contributed by atoms with E-state index in [4.69, 9.17) is 4.74 Å². The molecule has 1 unspecified atom stereocenters. The SMILES string of the molecule is CCC(c1ccncc1)N(C)C(=O)C=Cc1ccc(OC)c(O)c1. The van der Waals surface area contributed by atoms with Crippen LogP contribution in [0.2, 0.25) is 0 Å². The van der Waals surface area contributed by atoms with E-state index in [0.717, 1.165) is 17.5 Å². The van der Waals surface area contributed by atoms with Crippen molar-refractivity contribution >= 4 is 12.0 Å². The number of methoxy groups -OCH3 is 1. The summed E-state index contributed by atoms with van der Waals surface area (Å²) in [4.78, 5) is 18.2. The highest BCUT2D eigenvalue weighted by molar-refractivity contribution is 5.92. The predicted molar refractivity (Wildman–Crippen MR) is 93.7 cm³/mol. The van der Waals surface area contributed by atoms with Crippen molar-refractivity contribution in [3.05, 3.63) is 59.9 Å². The van der Waals surface area contributed by atoms with Gasteiger partial charge in [-0.3, -0.25) is 9.78 Å². The number of hydrogen-bond donors (Lipinski definition) is 1. The van der Waals surface area contributed by atoms with Crippen LogP contribution in [0.3, 0.4) is 0 Å². The highest BCUT2D eigenvalue weighted by atomic mass is 16.5. The number of amides is 1. The smallest absolute Gasteiger partial charge is 0.246 e. The molecule has 0 aliphatic rings. The second-order valence-electron chi connectivity index (χ2n) is 5.42. The van der Waals surface area contributed by atoms with Crippen molar-refractivity contribution in [1.82, 2.24) is 9.88 Å². The van der Waals surface area contributed by atoms with E-state index >= 15 is 0 Å². The largest absolute Gasteiger partial charge is 0.504 e. The van der Waals surface area contributed by atoms with Crippen LogP contribution in [0.15, 0.2) is 48.8 Å². The Bertz CT molecular complexity index is 714. The summed E-state index contributed by atoms with van der Waals surface area (Å²) in [6.07, 6.45) is 7.45. The van der Waals surface area contributed by atoms with Crippen molar-refractivity contribution in [2.75, 3.05) is 14.2 Å². The summed E-state index contributed by atoms with van der Waals surface area (Å²) in [5.74, 6) is 0.344. The summed E-state index contributed by atoms with van der Waals surface area (Å²) in [6, 6.07) is 8.83. The Hall–Kier alpha value is -2.82. The Labute approximate surface area is 142 Å². The number of benzene rings is 1. The number of carbonyl (C=O) groups excluding carboxylic acids is 1. The van der Waals surface area contributed by atoms with Crippen molar-refractivity contribution in [2.24, 2.45) is 0 Å². The number of carbonyl (C=O) groups is 1. The first-order valence-electron chi connectivity index (χ1n) is 7.78. The summed E-state index contributed by atoms with van der Waals surface area (Å²) in [5.41, 5.74) is 1.78. The van der Waals surface area contributed by atoms with E-state index in [-0.39, 0.29) is 17.7 Å². The molecule has 0 fully saturated rings. The van der Waals surface area contributed by atoms with Crippen LogP contribution in [-0.4, -0.2) is 35.1 Å². The zero-order valence-electron chi connectivity index (χ0n) is 14.1. The van der Waals surface area contributed by atoms with E-state index in [2.05, 4.69) is 4.98 Å². The molecule has 0 spiro atoms. The van der Waals surface area contributed by atoms with Gasteiger partial charge in [0.2, 0.25) is 5.91 Å². The maximum Gasteiger partial charge on any atom is 0.246 e. The van der Waals surface area contributed by atoms with Crippen LogP contribution in [0.4, 0.5) is 0 Å². The Kier molecular flexibility index (Phi) is 5.95. The maximum atomic E-state index is 12.4. The molecule has 0 aliphatic carbocycles. The molecule has 0 saturated heterocycles. The van der Waals surface area contributed by atoms with Gasteiger partial charge in [-0.25, -0.2) is 0 Å². The minimum atomic E-state index is -0.103. The molecule has 5 nitrogen and oxygen atoms in total. The fourth-order valence-corrected chi connectivity index (χ4v) is 2.57. The van der Waals surface area contributed by atoms with E-state index in [0.29, 0.717) is 5.75 Å². The van der Waals surface area contributed by atoms with Crippen LogP contribution in [0.25, 0.3) is 6.08 Å². The van der Waals surface area contributed by atoms with E-state index in [9.17, 15) is 9.90 Å². The molecule has 24 heavy (non-hydrogen) atoms. The first-order valence-corrected chi connectivity index (χ1v) is 7.78. The first kappa shape index (κ1) is 17.5. The van der Waals surface area contributed by atoms with Gasteiger partial charge in [-0.1, -0.05) is 13.0 Å². The topological polar surface area (TPSA) is 62.7 Å². The molecule has 0 saturated carbocycles. The van der Waals surface area contributed by atoms with Crippen LogP contribution >= 0.6 is 0 Å². The number of hydrogen-bond acceptors (Lipinski definition) is 4. The zero-order chi connectivity index (χ0) is 17.5. The lowest BCUT2D eigenvalue weighted by atomic mass is 10.0. The lowest BCUT2D eigenvalue weighted by Gasteiger charge is -2.26. The molecule has 126 valence electrons. The number of likely N-dealkylation sites (N-methyl/N-ethyl adjacent to an activating group) is 1. The Balaban J connectivity index is 2.11. The lowest BCUT2D eigenvalue weighted by molar-refractivity contribution is -0.126. The van der Waals surface area contributed by atoms with Crippen molar-refractivity contribution in [3.8, 4) is 11.5 Å². The third kappa shape index (κ3) is 4.13. The first-order chi connectivity index (χ1) is 11.6. The number of rotatable bonds is 6. The Morgan fingerprint density at radius 1 is 1.33 bits per heavy atom. The third-order valence-corrected chi connectivity index (χ3v) is 3.91. The number of aromatic hydroxyl groups is 1. The quantitative estimate of drug-likeness (QED) is 0.826. The van der Waals surface area contributed by atoms with Crippen molar-refractivity contribution in [2.45, 2.75) is 19.4 Å². The van der Waals surface area contributed by atoms with Gasteiger partial charge >= 0.3 is 0 Å². The normalized spacial score (nSPS) is 12.1. The monoisotopic (exact) mass is 326 g/mol. The van der Waals surface area contributed by atoms with Gasteiger partial charge in [0.1, 0.15) is 0 Å². The lowest BCUT2D eigenvalue weighted by Crippen LogP contribution is -2.29. The van der Waals surface area contributed by atoms with Gasteiger partial charge in [0.05, 0.1) is 13.2 Å². The number of phenols is 1. The number of aromatic nitrogens is 1. The van der Waals surface area contributed by atoms with Crippen LogP contribution in [0, 0.1) is 0 Å². The molecule has 1 atom stereocenters. The van der Waals surface area contributed by atoms with Crippen LogP contribution in [0.5, 0.6) is 11.5 Å². The molecule has 1 heterocycles. The summed E-state index contributed by atoms with van der Waals surface area (Å²) >= 11 is 0. The number of pyridine rings is 1. The molecule has 1 N–H and O–H groups in total. The fraction of sp³-hybridized carbons (Fsp3) is 0.263. The molecular formula is C19H22N2O3. The highest BCUT2D eigenvalue weighted by Gasteiger charge is 2.18. The molecule has 2 aromatic rings. The summed E-state index contributed by atoms with van der Waals surface area (Å²) in [5, 5.41) is 9.78. The van der Waals surface area contributed by atoms with E-state index < -0.39 is 0 Å². The van der Waals surface area contributed by atoms with Crippen molar-refractivity contribution in [1.29, 1.82) is 0 Å². The van der Waals surface area contributed by atoms with Crippen LogP contribution < -0.4 is 4.74 Å². The van der Waals surface area contributed by atoms with Gasteiger partial charge in [-0.2, -0.15) is 0 Å². The van der Waals surface area contributed by atoms with E-state index in [1.807, 2.05) is 19.1 Å². The molecule has 1 amide bonds. The van der Waals surface area contributed by atoms with Gasteiger partial charge in [0.25, 0.3) is 0 Å².